The topological polar surface area (TPSA) is 51.2 Å². The molecule has 2 aromatic rings. The maximum atomic E-state index is 12.9. The molecule has 0 fully saturated rings. The minimum absolute atomic E-state index is 0.0634. The number of carbonyl (C=O) groups excluding carboxylic acids is 1. The number of pyridine rings is 1. The lowest BCUT2D eigenvalue weighted by Gasteiger charge is -2.04. The summed E-state index contributed by atoms with van der Waals surface area (Å²) in [6, 6.07) is 10.4. The molecule has 0 aliphatic rings. The van der Waals surface area contributed by atoms with Gasteiger partial charge in [-0.15, -0.1) is 0 Å². The first-order valence-corrected chi connectivity index (χ1v) is 6.77. The van der Waals surface area contributed by atoms with Gasteiger partial charge in [0.25, 0.3) is 0 Å². The highest BCUT2D eigenvalue weighted by molar-refractivity contribution is 6.31. The molecule has 0 saturated carbocycles. The number of hydrogen-bond acceptors (Lipinski definition) is 3. The summed E-state index contributed by atoms with van der Waals surface area (Å²) in [6.07, 6.45) is 0.604. The lowest BCUT2D eigenvalue weighted by Crippen LogP contribution is -2.24. The van der Waals surface area contributed by atoms with Gasteiger partial charge in [0.2, 0.25) is 5.95 Å². The average Bonchev–Trinajstić information content (AvgIpc) is 2.53. The van der Waals surface area contributed by atoms with E-state index in [0.29, 0.717) is 5.56 Å². The molecule has 0 aliphatic carbocycles. The van der Waals surface area contributed by atoms with Gasteiger partial charge in [-0.3, -0.25) is 0 Å². The quantitative estimate of drug-likeness (QED) is 0.698. The number of carbonyl (C=O) groups is 1. The van der Waals surface area contributed by atoms with Crippen molar-refractivity contribution in [3.05, 3.63) is 64.7 Å². The number of nitrogens with zero attached hydrogens (tertiary/aromatic N) is 1. The summed E-state index contributed by atoms with van der Waals surface area (Å²) in [6.45, 7) is 0.245. The molecule has 6 heteroatoms. The number of hydrogen-bond donors (Lipinski definition) is 1. The monoisotopic (exact) mass is 318 g/mol. The van der Waals surface area contributed by atoms with Crippen LogP contribution >= 0.6 is 11.6 Å². The lowest BCUT2D eigenvalue weighted by molar-refractivity contribution is 0.141. The van der Waals surface area contributed by atoms with Crippen molar-refractivity contribution in [1.29, 1.82) is 0 Å². The maximum Gasteiger partial charge on any atom is 0.408 e. The maximum absolute atomic E-state index is 12.9. The summed E-state index contributed by atoms with van der Waals surface area (Å²) in [7, 11) is 0. The molecule has 112 valence electrons. The van der Waals surface area contributed by atoms with Crippen LogP contribution in [0.1, 0.15) is 11.1 Å². The van der Waals surface area contributed by atoms with Gasteiger partial charge in [0, 0.05) is 17.8 Å². The van der Waals surface area contributed by atoms with Crippen LogP contribution in [-0.2, 0) is 11.3 Å². The van der Waals surface area contributed by atoms with Crippen LogP contribution in [0, 0.1) is 17.8 Å². The summed E-state index contributed by atoms with van der Waals surface area (Å²) >= 11 is 5.81. The van der Waals surface area contributed by atoms with Crippen molar-refractivity contribution in [2.24, 2.45) is 0 Å². The molecule has 0 unspecified atom stereocenters. The lowest BCUT2D eigenvalue weighted by atomic mass is 10.2. The second kappa shape index (κ2) is 8.01. The SMILES string of the molecule is O=C(NCC#Cc1cc(F)ncc1Cl)OCc1ccccc1. The van der Waals surface area contributed by atoms with Crippen LogP contribution in [0.5, 0.6) is 0 Å². The molecule has 1 aromatic heterocycles. The molecule has 2 rings (SSSR count). The van der Waals surface area contributed by atoms with Gasteiger partial charge in [0.1, 0.15) is 6.61 Å². The van der Waals surface area contributed by atoms with E-state index in [1.54, 1.807) is 0 Å². The Bertz CT molecular complexity index is 711. The molecule has 0 saturated heterocycles. The Balaban J connectivity index is 1.78. The first-order chi connectivity index (χ1) is 10.6. The molecular weight excluding hydrogens is 307 g/mol. The molecule has 0 radical (unpaired) electrons. The third-order valence-electron chi connectivity index (χ3n) is 2.58. The van der Waals surface area contributed by atoms with Crippen LogP contribution in [0.3, 0.4) is 0 Å². The van der Waals surface area contributed by atoms with E-state index in [1.165, 1.54) is 6.20 Å². The zero-order valence-electron chi connectivity index (χ0n) is 11.5. The second-order valence-corrected chi connectivity index (χ2v) is 4.61. The summed E-state index contributed by atoms with van der Waals surface area (Å²) in [5.74, 6) is 4.65. The van der Waals surface area contributed by atoms with Crippen LogP contribution in [0.25, 0.3) is 0 Å². The van der Waals surface area contributed by atoms with Crippen molar-refractivity contribution in [2.75, 3.05) is 6.54 Å². The fourth-order valence-electron chi connectivity index (χ4n) is 1.54. The summed E-state index contributed by atoms with van der Waals surface area (Å²) in [5, 5.41) is 2.72. The molecule has 1 heterocycles. The fourth-order valence-corrected chi connectivity index (χ4v) is 1.69. The Morgan fingerprint density at radius 1 is 1.36 bits per heavy atom. The first-order valence-electron chi connectivity index (χ1n) is 6.39. The van der Waals surface area contributed by atoms with Crippen LogP contribution in [0.2, 0.25) is 5.02 Å². The predicted octanol–water partition coefficient (Wildman–Crippen LogP) is 3.15. The Morgan fingerprint density at radius 3 is 2.91 bits per heavy atom. The average molecular weight is 319 g/mol. The molecular formula is C16H12ClFN2O2. The van der Waals surface area contributed by atoms with E-state index in [2.05, 4.69) is 22.1 Å². The minimum Gasteiger partial charge on any atom is -0.445 e. The Hall–Kier alpha value is -2.58. The Kier molecular flexibility index (Phi) is 5.75. The third-order valence-corrected chi connectivity index (χ3v) is 2.88. The molecule has 0 atom stereocenters. The van der Waals surface area contributed by atoms with E-state index in [0.717, 1.165) is 11.6 Å². The number of amides is 1. The van der Waals surface area contributed by atoms with Gasteiger partial charge < -0.3 is 10.1 Å². The summed E-state index contributed by atoms with van der Waals surface area (Å²) < 4.78 is 17.9. The largest absolute Gasteiger partial charge is 0.445 e. The number of ether oxygens (including phenoxy) is 1. The van der Waals surface area contributed by atoms with E-state index < -0.39 is 12.0 Å². The highest BCUT2D eigenvalue weighted by Crippen LogP contribution is 2.13. The molecule has 1 amide bonds. The van der Waals surface area contributed by atoms with Gasteiger partial charge in [-0.25, -0.2) is 9.78 Å². The van der Waals surface area contributed by atoms with E-state index in [4.69, 9.17) is 16.3 Å². The molecule has 0 aliphatic heterocycles. The van der Waals surface area contributed by atoms with Crippen LogP contribution < -0.4 is 5.32 Å². The van der Waals surface area contributed by atoms with Crippen molar-refractivity contribution >= 4 is 17.7 Å². The highest BCUT2D eigenvalue weighted by atomic mass is 35.5. The van der Waals surface area contributed by atoms with Gasteiger partial charge in [0.05, 0.1) is 11.6 Å². The Morgan fingerprint density at radius 2 is 2.14 bits per heavy atom. The smallest absolute Gasteiger partial charge is 0.408 e. The molecule has 0 spiro atoms. The summed E-state index contributed by atoms with van der Waals surface area (Å²) in [4.78, 5) is 14.8. The molecule has 22 heavy (non-hydrogen) atoms. The fraction of sp³-hybridized carbons (Fsp3) is 0.125. The van der Waals surface area contributed by atoms with Gasteiger partial charge in [-0.2, -0.15) is 4.39 Å². The van der Waals surface area contributed by atoms with E-state index in [1.807, 2.05) is 30.3 Å². The van der Waals surface area contributed by atoms with Crippen molar-refractivity contribution in [1.82, 2.24) is 10.3 Å². The van der Waals surface area contributed by atoms with E-state index >= 15 is 0 Å². The van der Waals surface area contributed by atoms with E-state index in [-0.39, 0.29) is 18.2 Å². The van der Waals surface area contributed by atoms with Crippen molar-refractivity contribution in [3.63, 3.8) is 0 Å². The van der Waals surface area contributed by atoms with Gasteiger partial charge in [0.15, 0.2) is 0 Å². The zero-order chi connectivity index (χ0) is 15.8. The predicted molar refractivity (Wildman–Crippen MR) is 80.7 cm³/mol. The molecule has 1 aromatic carbocycles. The van der Waals surface area contributed by atoms with E-state index in [9.17, 15) is 9.18 Å². The molecule has 0 bridgehead atoms. The van der Waals surface area contributed by atoms with Crippen LogP contribution in [0.4, 0.5) is 9.18 Å². The normalized spacial score (nSPS) is 9.55. The van der Waals surface area contributed by atoms with Gasteiger partial charge in [-0.05, 0) is 5.56 Å². The number of nitrogens with one attached hydrogen (secondary N) is 1. The standard InChI is InChI=1S/C16H12ClFN2O2/c17-14-10-20-15(18)9-13(14)7-4-8-19-16(21)22-11-12-5-2-1-3-6-12/h1-3,5-6,9-10H,8,11H2,(H,19,21). The highest BCUT2D eigenvalue weighted by Gasteiger charge is 2.01. The number of rotatable bonds is 3. The third kappa shape index (κ3) is 5.08. The molecule has 1 N–H and O–H groups in total. The Labute approximate surface area is 132 Å². The van der Waals surface area contributed by atoms with Gasteiger partial charge >= 0.3 is 6.09 Å². The minimum atomic E-state index is -0.663. The number of halogens is 2. The molecule has 4 nitrogen and oxygen atoms in total. The van der Waals surface area contributed by atoms with Crippen LogP contribution in [-0.4, -0.2) is 17.6 Å². The van der Waals surface area contributed by atoms with Crippen molar-refractivity contribution in [3.8, 4) is 11.8 Å². The number of benzene rings is 1. The number of alkyl carbamates (subject to hydrolysis) is 1. The first kappa shape index (κ1) is 15.8. The van der Waals surface area contributed by atoms with Crippen molar-refractivity contribution in [2.45, 2.75) is 6.61 Å². The number of aromatic nitrogens is 1. The van der Waals surface area contributed by atoms with Crippen LogP contribution in [0.15, 0.2) is 42.6 Å². The second-order valence-electron chi connectivity index (χ2n) is 4.20. The van der Waals surface area contributed by atoms with Crippen molar-refractivity contribution < 1.29 is 13.9 Å². The zero-order valence-corrected chi connectivity index (χ0v) is 12.2. The summed E-state index contributed by atoms with van der Waals surface area (Å²) in [5.41, 5.74) is 1.20. The van der Waals surface area contributed by atoms with Gasteiger partial charge in [-0.1, -0.05) is 53.8 Å².